The number of ether oxygens (including phenoxy) is 1. The van der Waals surface area contributed by atoms with Crippen LogP contribution < -0.4 is 10.1 Å². The molecule has 5 nitrogen and oxygen atoms in total. The smallest absolute Gasteiger partial charge is 0.147 e. The summed E-state index contributed by atoms with van der Waals surface area (Å²) in [5.41, 5.74) is 3.23. The van der Waals surface area contributed by atoms with Crippen LogP contribution in [0, 0.1) is 0 Å². The number of hydrogen-bond acceptors (Lipinski definition) is 5. The number of aromatic nitrogens is 2. The average Bonchev–Trinajstić information content (AvgIpc) is 2.88. The third-order valence-electron chi connectivity index (χ3n) is 5.51. The molecule has 0 saturated carbocycles. The van der Waals surface area contributed by atoms with Gasteiger partial charge in [-0.15, -0.1) is 0 Å². The zero-order chi connectivity index (χ0) is 22.5. The lowest BCUT2D eigenvalue weighted by molar-refractivity contribution is 0.302. The number of phenolic OH excluding ortho intramolecular Hbond substituents is 1. The Balaban J connectivity index is 1.58. The van der Waals surface area contributed by atoms with Gasteiger partial charge < -0.3 is 15.2 Å². The van der Waals surface area contributed by atoms with E-state index >= 15 is 0 Å². The molecule has 5 rings (SSSR count). The largest absolute Gasteiger partial charge is 0.505 e. The first kappa shape index (κ1) is 20.5. The molecular formula is C28H23N3O2. The number of phenols is 1. The second-order valence-electron chi connectivity index (χ2n) is 7.68. The molecule has 0 aliphatic heterocycles. The Labute approximate surface area is 192 Å². The molecule has 0 bridgehead atoms. The second-order valence-corrected chi connectivity index (χ2v) is 7.68. The van der Waals surface area contributed by atoms with Crippen LogP contribution in [0.25, 0.3) is 10.9 Å². The Kier molecular flexibility index (Phi) is 5.85. The molecule has 0 fully saturated rings. The van der Waals surface area contributed by atoms with E-state index < -0.39 is 6.04 Å². The van der Waals surface area contributed by atoms with Crippen LogP contribution >= 0.6 is 0 Å². The lowest BCUT2D eigenvalue weighted by Crippen LogP contribution is -2.15. The van der Waals surface area contributed by atoms with Crippen molar-refractivity contribution in [2.75, 3.05) is 5.32 Å². The van der Waals surface area contributed by atoms with Gasteiger partial charge in [-0.2, -0.15) is 0 Å². The number of hydrogen-bond donors (Lipinski definition) is 2. The molecule has 0 aliphatic rings. The molecule has 2 aromatic heterocycles. The standard InChI is InChI=1S/C28H23N3O2/c32-28-23(16-15-21-11-8-18-30-26(21)28)27(31-25-14-6-7-17-29-25)22-12-4-5-13-24(22)33-19-20-9-2-1-3-10-20/h1-18,27,32H,19H2,(H,29,31)/t27-/m0/s1. The molecule has 0 saturated heterocycles. The van der Waals surface area contributed by atoms with Crippen LogP contribution in [0.1, 0.15) is 22.7 Å². The van der Waals surface area contributed by atoms with Crippen LogP contribution in [0.4, 0.5) is 5.82 Å². The highest BCUT2D eigenvalue weighted by molar-refractivity contribution is 5.86. The molecule has 33 heavy (non-hydrogen) atoms. The van der Waals surface area contributed by atoms with Crippen LogP contribution in [0.3, 0.4) is 0 Å². The third kappa shape index (κ3) is 4.48. The van der Waals surface area contributed by atoms with Crippen molar-refractivity contribution >= 4 is 16.7 Å². The SMILES string of the molecule is Oc1c([C@@H](Nc2ccccn2)c2ccccc2OCc2ccccc2)ccc2cccnc12. The number of anilines is 1. The summed E-state index contributed by atoms with van der Waals surface area (Å²) in [6, 6.07) is 30.9. The quantitative estimate of drug-likeness (QED) is 0.324. The van der Waals surface area contributed by atoms with E-state index in [1.54, 1.807) is 12.4 Å². The molecule has 3 aromatic carbocycles. The van der Waals surface area contributed by atoms with E-state index in [1.165, 1.54) is 0 Å². The Hall–Kier alpha value is -4.38. The summed E-state index contributed by atoms with van der Waals surface area (Å²) >= 11 is 0. The maximum Gasteiger partial charge on any atom is 0.147 e. The van der Waals surface area contributed by atoms with E-state index in [-0.39, 0.29) is 5.75 Å². The van der Waals surface area contributed by atoms with Crippen LogP contribution in [0.2, 0.25) is 0 Å². The second kappa shape index (κ2) is 9.40. The van der Waals surface area contributed by atoms with Gasteiger partial charge in [0.1, 0.15) is 29.4 Å². The highest BCUT2D eigenvalue weighted by Crippen LogP contribution is 2.39. The maximum atomic E-state index is 11.2. The highest BCUT2D eigenvalue weighted by atomic mass is 16.5. The summed E-state index contributed by atoms with van der Waals surface area (Å²) in [4.78, 5) is 8.83. The van der Waals surface area contributed by atoms with Gasteiger partial charge in [-0.25, -0.2) is 4.98 Å². The number of nitrogens with one attached hydrogen (secondary N) is 1. The van der Waals surface area contributed by atoms with E-state index in [0.717, 1.165) is 22.3 Å². The van der Waals surface area contributed by atoms with Crippen LogP contribution in [0.15, 0.2) is 109 Å². The van der Waals surface area contributed by atoms with Gasteiger partial charge in [0.15, 0.2) is 0 Å². The maximum absolute atomic E-state index is 11.2. The molecule has 5 heteroatoms. The van der Waals surface area contributed by atoms with Gasteiger partial charge in [0.2, 0.25) is 0 Å². The molecule has 1 atom stereocenters. The minimum Gasteiger partial charge on any atom is -0.505 e. The van der Waals surface area contributed by atoms with Crippen molar-refractivity contribution in [2.45, 2.75) is 12.6 Å². The summed E-state index contributed by atoms with van der Waals surface area (Å²) in [5.74, 6) is 1.57. The third-order valence-corrected chi connectivity index (χ3v) is 5.51. The lowest BCUT2D eigenvalue weighted by atomic mass is 9.95. The molecule has 0 spiro atoms. The summed E-state index contributed by atoms with van der Waals surface area (Å²) in [7, 11) is 0. The predicted molar refractivity (Wildman–Crippen MR) is 130 cm³/mol. The van der Waals surface area contributed by atoms with Crippen molar-refractivity contribution < 1.29 is 9.84 Å². The molecule has 0 aliphatic carbocycles. The number of para-hydroxylation sites is 1. The summed E-state index contributed by atoms with van der Waals surface area (Å²) < 4.78 is 6.23. The van der Waals surface area contributed by atoms with Crippen molar-refractivity contribution in [3.8, 4) is 11.5 Å². The van der Waals surface area contributed by atoms with Crippen LogP contribution in [0.5, 0.6) is 11.5 Å². The van der Waals surface area contributed by atoms with Crippen molar-refractivity contribution in [3.63, 3.8) is 0 Å². The van der Waals surface area contributed by atoms with Gasteiger partial charge in [0, 0.05) is 28.9 Å². The van der Waals surface area contributed by atoms with Crippen LogP contribution in [-0.4, -0.2) is 15.1 Å². The first-order chi connectivity index (χ1) is 16.3. The van der Waals surface area contributed by atoms with Crippen molar-refractivity contribution in [1.29, 1.82) is 0 Å². The lowest BCUT2D eigenvalue weighted by Gasteiger charge is -2.24. The molecule has 162 valence electrons. The molecule has 0 unspecified atom stereocenters. The fourth-order valence-corrected chi connectivity index (χ4v) is 3.88. The van der Waals surface area contributed by atoms with E-state index in [9.17, 15) is 5.11 Å². The molecule has 2 N–H and O–H groups in total. The molecule has 0 radical (unpaired) electrons. The number of benzene rings is 3. The van der Waals surface area contributed by atoms with Gasteiger partial charge in [-0.05, 0) is 29.8 Å². The summed E-state index contributed by atoms with van der Waals surface area (Å²) in [6.07, 6.45) is 3.42. The number of fused-ring (bicyclic) bond motifs is 1. The summed E-state index contributed by atoms with van der Waals surface area (Å²) in [5, 5.41) is 15.5. The number of nitrogens with zero attached hydrogens (tertiary/aromatic N) is 2. The Morgan fingerprint density at radius 1 is 0.727 bits per heavy atom. The first-order valence-corrected chi connectivity index (χ1v) is 10.8. The van der Waals surface area contributed by atoms with Crippen LogP contribution in [-0.2, 0) is 6.61 Å². The minimum atomic E-state index is -0.404. The van der Waals surface area contributed by atoms with Crippen molar-refractivity contribution in [1.82, 2.24) is 9.97 Å². The van der Waals surface area contributed by atoms with Gasteiger partial charge in [0.05, 0.1) is 6.04 Å². The fraction of sp³-hybridized carbons (Fsp3) is 0.0714. The minimum absolute atomic E-state index is 0.138. The number of rotatable bonds is 7. The van der Waals surface area contributed by atoms with E-state index in [4.69, 9.17) is 4.74 Å². The fourth-order valence-electron chi connectivity index (χ4n) is 3.88. The first-order valence-electron chi connectivity index (χ1n) is 10.8. The monoisotopic (exact) mass is 433 g/mol. The Bertz CT molecular complexity index is 1360. The molecule has 2 heterocycles. The zero-order valence-corrected chi connectivity index (χ0v) is 17.9. The molecule has 0 amide bonds. The predicted octanol–water partition coefficient (Wildman–Crippen LogP) is 6.12. The van der Waals surface area contributed by atoms with Crippen molar-refractivity contribution in [2.24, 2.45) is 0 Å². The average molecular weight is 434 g/mol. The number of pyridine rings is 2. The Morgan fingerprint density at radius 2 is 1.52 bits per heavy atom. The van der Waals surface area contributed by atoms with E-state index in [1.807, 2.05) is 97.1 Å². The Morgan fingerprint density at radius 3 is 2.36 bits per heavy atom. The van der Waals surface area contributed by atoms with E-state index in [0.29, 0.717) is 23.5 Å². The van der Waals surface area contributed by atoms with E-state index in [2.05, 4.69) is 15.3 Å². The van der Waals surface area contributed by atoms with Gasteiger partial charge in [-0.3, -0.25) is 4.98 Å². The molecule has 5 aromatic rings. The zero-order valence-electron chi connectivity index (χ0n) is 17.9. The highest BCUT2D eigenvalue weighted by Gasteiger charge is 2.23. The van der Waals surface area contributed by atoms with Gasteiger partial charge >= 0.3 is 0 Å². The summed E-state index contributed by atoms with van der Waals surface area (Å²) in [6.45, 7) is 0.444. The normalized spacial score (nSPS) is 11.8. The van der Waals surface area contributed by atoms with Crippen molar-refractivity contribution in [3.05, 3.63) is 126 Å². The number of aromatic hydroxyl groups is 1. The van der Waals surface area contributed by atoms with Gasteiger partial charge in [0.25, 0.3) is 0 Å². The molecular weight excluding hydrogens is 410 g/mol. The topological polar surface area (TPSA) is 67.3 Å². The van der Waals surface area contributed by atoms with Gasteiger partial charge in [-0.1, -0.05) is 72.8 Å².